The van der Waals surface area contributed by atoms with E-state index < -0.39 is 0 Å². The van der Waals surface area contributed by atoms with Crippen molar-refractivity contribution in [1.82, 2.24) is 0 Å². The Morgan fingerprint density at radius 2 is 2.17 bits per heavy atom. The van der Waals surface area contributed by atoms with Gasteiger partial charge in [0.25, 0.3) is 0 Å². The van der Waals surface area contributed by atoms with Crippen molar-refractivity contribution in [3.63, 3.8) is 0 Å². The molecule has 66 valence electrons. The summed E-state index contributed by atoms with van der Waals surface area (Å²) in [5.74, 6) is 0.872. The first-order valence-corrected chi connectivity index (χ1v) is 4.82. The third-order valence-electron chi connectivity index (χ3n) is 1.69. The first-order valence-electron chi connectivity index (χ1n) is 3.74. The van der Waals surface area contributed by atoms with Gasteiger partial charge in [-0.05, 0) is 41.6 Å². The molecule has 2 N–H and O–H groups in total. The number of nitrogens with two attached hydrogens (primary N) is 1. The number of hydrogen-bond acceptors (Lipinski definition) is 2. The molecule has 0 amide bonds. The second kappa shape index (κ2) is 4.09. The third-order valence-corrected chi connectivity index (χ3v) is 2.63. The number of ether oxygens (including phenoxy) is 1. The molecule has 0 saturated heterocycles. The van der Waals surface area contributed by atoms with E-state index in [9.17, 15) is 0 Å². The molecule has 0 aliphatic rings. The van der Waals surface area contributed by atoms with Crippen molar-refractivity contribution < 1.29 is 4.74 Å². The van der Waals surface area contributed by atoms with Gasteiger partial charge in [-0.15, -0.1) is 0 Å². The highest BCUT2D eigenvalue weighted by molar-refractivity contribution is 14.1. The molecule has 0 heterocycles. The summed E-state index contributed by atoms with van der Waals surface area (Å²) in [5, 5.41) is 0. The van der Waals surface area contributed by atoms with Crippen molar-refractivity contribution in [1.29, 1.82) is 0 Å². The molecule has 0 saturated carbocycles. The highest BCUT2D eigenvalue weighted by Crippen LogP contribution is 2.27. The zero-order chi connectivity index (χ0) is 9.14. The summed E-state index contributed by atoms with van der Waals surface area (Å²) in [4.78, 5) is 0. The summed E-state index contributed by atoms with van der Waals surface area (Å²) in [7, 11) is 1.66. The highest BCUT2D eigenvalue weighted by Gasteiger charge is 2.10. The van der Waals surface area contributed by atoms with Crippen LogP contribution in [0.1, 0.15) is 18.5 Å². The molecule has 0 fully saturated rings. The Hall–Kier alpha value is -0.290. The van der Waals surface area contributed by atoms with Gasteiger partial charge in [0, 0.05) is 15.2 Å². The van der Waals surface area contributed by atoms with Crippen LogP contribution in [-0.4, -0.2) is 7.11 Å². The van der Waals surface area contributed by atoms with Gasteiger partial charge in [0.05, 0.1) is 7.11 Å². The number of rotatable bonds is 2. The lowest BCUT2D eigenvalue weighted by atomic mass is 10.1. The van der Waals surface area contributed by atoms with Gasteiger partial charge < -0.3 is 10.5 Å². The lowest BCUT2D eigenvalue weighted by Gasteiger charge is -2.12. The highest BCUT2D eigenvalue weighted by atomic mass is 127. The minimum atomic E-state index is 0.0213. The minimum absolute atomic E-state index is 0.0213. The lowest BCUT2D eigenvalue weighted by molar-refractivity contribution is 0.406. The molecule has 1 rings (SSSR count). The molecule has 3 heteroatoms. The van der Waals surface area contributed by atoms with E-state index in [1.165, 1.54) is 0 Å². The van der Waals surface area contributed by atoms with Gasteiger partial charge in [-0.2, -0.15) is 0 Å². The fourth-order valence-electron chi connectivity index (χ4n) is 1.14. The van der Waals surface area contributed by atoms with Crippen molar-refractivity contribution >= 4 is 22.6 Å². The van der Waals surface area contributed by atoms with Crippen LogP contribution in [0.5, 0.6) is 5.75 Å². The van der Waals surface area contributed by atoms with Crippen LogP contribution in [-0.2, 0) is 0 Å². The molecule has 0 aromatic heterocycles. The Morgan fingerprint density at radius 3 is 2.58 bits per heavy atom. The third kappa shape index (κ3) is 1.90. The maximum absolute atomic E-state index is 5.81. The van der Waals surface area contributed by atoms with Crippen LogP contribution in [0.25, 0.3) is 0 Å². The van der Waals surface area contributed by atoms with E-state index in [1.54, 1.807) is 7.11 Å². The van der Waals surface area contributed by atoms with Crippen molar-refractivity contribution in [2.75, 3.05) is 7.11 Å². The second-order valence-corrected chi connectivity index (χ2v) is 3.81. The van der Waals surface area contributed by atoms with Gasteiger partial charge in [-0.25, -0.2) is 0 Å². The van der Waals surface area contributed by atoms with Crippen LogP contribution in [0.15, 0.2) is 18.2 Å². The van der Waals surface area contributed by atoms with E-state index in [2.05, 4.69) is 22.6 Å². The van der Waals surface area contributed by atoms with Gasteiger partial charge in [0.1, 0.15) is 5.75 Å². The molecule has 0 spiro atoms. The van der Waals surface area contributed by atoms with E-state index in [1.807, 2.05) is 25.1 Å². The molecule has 0 aliphatic heterocycles. The smallest absolute Gasteiger partial charge is 0.124 e. The quantitative estimate of drug-likeness (QED) is 0.842. The van der Waals surface area contributed by atoms with Crippen LogP contribution >= 0.6 is 22.6 Å². The van der Waals surface area contributed by atoms with E-state index in [0.717, 1.165) is 14.9 Å². The molecule has 1 aromatic carbocycles. The zero-order valence-electron chi connectivity index (χ0n) is 7.17. The molecular weight excluding hydrogens is 265 g/mol. The monoisotopic (exact) mass is 277 g/mol. The number of hydrogen-bond donors (Lipinski definition) is 1. The predicted octanol–water partition coefficient (Wildman–Crippen LogP) is 2.32. The fourth-order valence-corrected chi connectivity index (χ4v) is 2.10. The summed E-state index contributed by atoms with van der Waals surface area (Å²) in [5.41, 5.74) is 6.89. The van der Waals surface area contributed by atoms with Gasteiger partial charge in [0.2, 0.25) is 0 Å². The summed E-state index contributed by atoms with van der Waals surface area (Å²) < 4.78 is 6.36. The Labute approximate surface area is 86.2 Å². The molecule has 0 bridgehead atoms. The zero-order valence-corrected chi connectivity index (χ0v) is 9.33. The summed E-state index contributed by atoms with van der Waals surface area (Å²) in [6.07, 6.45) is 0. The maximum Gasteiger partial charge on any atom is 0.124 e. The van der Waals surface area contributed by atoms with Crippen LogP contribution in [0, 0.1) is 3.57 Å². The van der Waals surface area contributed by atoms with E-state index in [-0.39, 0.29) is 6.04 Å². The summed E-state index contributed by atoms with van der Waals surface area (Å²) in [6, 6.07) is 5.95. The fraction of sp³-hybridized carbons (Fsp3) is 0.333. The normalized spacial score (nSPS) is 12.7. The number of methoxy groups -OCH3 is 1. The van der Waals surface area contributed by atoms with E-state index >= 15 is 0 Å². The molecule has 0 radical (unpaired) electrons. The van der Waals surface area contributed by atoms with Crippen LogP contribution in [0.3, 0.4) is 0 Å². The van der Waals surface area contributed by atoms with Crippen molar-refractivity contribution in [2.45, 2.75) is 13.0 Å². The summed E-state index contributed by atoms with van der Waals surface area (Å²) in [6.45, 7) is 1.96. The molecule has 1 aromatic rings. The number of halogens is 1. The van der Waals surface area contributed by atoms with Crippen molar-refractivity contribution in [3.05, 3.63) is 27.3 Å². The molecule has 1 atom stereocenters. The molecular formula is C9H12INO. The first-order chi connectivity index (χ1) is 5.66. The average molecular weight is 277 g/mol. The summed E-state index contributed by atoms with van der Waals surface area (Å²) >= 11 is 2.26. The van der Waals surface area contributed by atoms with Gasteiger partial charge in [-0.1, -0.05) is 6.07 Å². The molecule has 12 heavy (non-hydrogen) atoms. The Balaban J connectivity index is 3.20. The van der Waals surface area contributed by atoms with Gasteiger partial charge >= 0.3 is 0 Å². The molecule has 0 aliphatic carbocycles. The topological polar surface area (TPSA) is 35.2 Å². The number of benzene rings is 1. The predicted molar refractivity (Wildman–Crippen MR) is 58.3 cm³/mol. The van der Waals surface area contributed by atoms with Crippen molar-refractivity contribution in [3.8, 4) is 5.75 Å². The van der Waals surface area contributed by atoms with Crippen LogP contribution < -0.4 is 10.5 Å². The average Bonchev–Trinajstić information content (AvgIpc) is 2.03. The Bertz CT molecular complexity index is 273. The second-order valence-electron chi connectivity index (χ2n) is 2.64. The Morgan fingerprint density at radius 1 is 1.50 bits per heavy atom. The minimum Gasteiger partial charge on any atom is -0.496 e. The molecule has 2 nitrogen and oxygen atoms in total. The van der Waals surface area contributed by atoms with Crippen LogP contribution in [0.4, 0.5) is 0 Å². The SMILES string of the molecule is COc1cccc(I)c1[C@H](C)N. The largest absolute Gasteiger partial charge is 0.496 e. The van der Waals surface area contributed by atoms with Crippen molar-refractivity contribution in [2.24, 2.45) is 5.73 Å². The van der Waals surface area contributed by atoms with Gasteiger partial charge in [0.15, 0.2) is 0 Å². The maximum atomic E-state index is 5.81. The van der Waals surface area contributed by atoms with E-state index in [0.29, 0.717) is 0 Å². The van der Waals surface area contributed by atoms with Crippen LogP contribution in [0.2, 0.25) is 0 Å². The Kier molecular flexibility index (Phi) is 3.34. The van der Waals surface area contributed by atoms with Gasteiger partial charge in [-0.3, -0.25) is 0 Å². The lowest BCUT2D eigenvalue weighted by Crippen LogP contribution is -2.08. The standard InChI is InChI=1S/C9H12INO/c1-6(11)9-7(10)4-3-5-8(9)12-2/h3-6H,11H2,1-2H3/t6-/m0/s1. The molecule has 0 unspecified atom stereocenters. The van der Waals surface area contributed by atoms with E-state index in [4.69, 9.17) is 10.5 Å². The first kappa shape index (κ1) is 9.80.